The van der Waals surface area contributed by atoms with E-state index < -0.39 is 11.2 Å². The van der Waals surface area contributed by atoms with Gasteiger partial charge in [-0.1, -0.05) is 11.8 Å². The molecule has 3 atom stereocenters. The fraction of sp³-hybridized carbons (Fsp3) is 0.714. The topological polar surface area (TPSA) is 62.6 Å². The van der Waals surface area contributed by atoms with Crippen LogP contribution in [0.25, 0.3) is 0 Å². The molecule has 0 saturated carbocycles. The van der Waals surface area contributed by atoms with E-state index in [0.717, 1.165) is 0 Å². The Bertz CT molecular complexity index is 429. The van der Waals surface area contributed by atoms with E-state index in [-0.39, 0.29) is 12.1 Å². The summed E-state index contributed by atoms with van der Waals surface area (Å²) >= 11 is 0. The zero-order chi connectivity index (χ0) is 13.8. The molecule has 0 aliphatic carbocycles. The first-order valence-electron chi connectivity index (χ1n) is 6.10. The number of carbonyl (C=O) groups excluding carboxylic acids is 1. The van der Waals surface area contributed by atoms with E-state index >= 15 is 0 Å². The van der Waals surface area contributed by atoms with Crippen molar-refractivity contribution in [3.63, 3.8) is 0 Å². The molecule has 3 unspecified atom stereocenters. The molecule has 4 nitrogen and oxygen atoms in total. The smallest absolute Gasteiger partial charge is 0.304 e. The first-order valence-corrected chi connectivity index (χ1v) is 6.10. The lowest BCUT2D eigenvalue weighted by molar-refractivity contribution is -0.150. The van der Waals surface area contributed by atoms with Gasteiger partial charge >= 0.3 is 5.97 Å². The molecular weight excluding hydrogens is 230 g/mol. The molecule has 1 rings (SSSR count). The van der Waals surface area contributed by atoms with Crippen molar-refractivity contribution in [3.8, 4) is 17.9 Å². The fourth-order valence-electron chi connectivity index (χ4n) is 1.68. The highest BCUT2D eigenvalue weighted by atomic mass is 16.6. The highest BCUT2D eigenvalue weighted by molar-refractivity contribution is 5.67. The van der Waals surface area contributed by atoms with Crippen molar-refractivity contribution in [3.05, 3.63) is 0 Å². The van der Waals surface area contributed by atoms with E-state index in [1.54, 1.807) is 6.92 Å². The average Bonchev–Trinajstić information content (AvgIpc) is 2.84. The molecule has 0 radical (unpaired) electrons. The van der Waals surface area contributed by atoms with Gasteiger partial charge in [0.25, 0.3) is 0 Å². The number of rotatable bonds is 4. The van der Waals surface area contributed by atoms with Gasteiger partial charge in [0.1, 0.15) is 0 Å². The third-order valence-corrected chi connectivity index (χ3v) is 3.03. The molecule has 98 valence electrons. The van der Waals surface area contributed by atoms with Crippen LogP contribution in [-0.4, -0.2) is 23.3 Å². The van der Waals surface area contributed by atoms with Crippen LogP contribution in [0.15, 0.2) is 0 Å². The summed E-state index contributed by atoms with van der Waals surface area (Å²) in [5, 5.41) is 8.54. The number of epoxide rings is 1. The van der Waals surface area contributed by atoms with Crippen molar-refractivity contribution in [1.29, 1.82) is 5.26 Å². The van der Waals surface area contributed by atoms with Crippen LogP contribution < -0.4 is 0 Å². The Kier molecular flexibility index (Phi) is 4.38. The summed E-state index contributed by atoms with van der Waals surface area (Å²) in [6, 6.07) is 2.07. The molecule has 1 aliphatic heterocycles. The van der Waals surface area contributed by atoms with Crippen molar-refractivity contribution in [2.24, 2.45) is 0 Å². The number of hydrogen-bond acceptors (Lipinski definition) is 4. The van der Waals surface area contributed by atoms with Gasteiger partial charge in [-0.15, -0.1) is 0 Å². The monoisotopic (exact) mass is 249 g/mol. The number of unbranched alkanes of at least 4 members (excludes halogenated alkanes) is 1. The highest BCUT2D eigenvalue weighted by Gasteiger charge is 2.48. The van der Waals surface area contributed by atoms with Gasteiger partial charge < -0.3 is 9.47 Å². The molecule has 1 saturated heterocycles. The minimum absolute atomic E-state index is 0.116. The number of esters is 1. The van der Waals surface area contributed by atoms with E-state index in [2.05, 4.69) is 17.9 Å². The molecule has 0 bridgehead atoms. The Balaban J connectivity index is 2.71. The van der Waals surface area contributed by atoms with Gasteiger partial charge in [-0.05, 0) is 33.6 Å². The van der Waals surface area contributed by atoms with Crippen LogP contribution in [0.3, 0.4) is 0 Å². The minimum atomic E-state index is -0.836. The lowest BCUT2D eigenvalue weighted by Gasteiger charge is -2.23. The Morgan fingerprint density at radius 2 is 2.22 bits per heavy atom. The van der Waals surface area contributed by atoms with Gasteiger partial charge in [-0.2, -0.15) is 5.26 Å². The Labute approximate surface area is 108 Å². The van der Waals surface area contributed by atoms with Crippen molar-refractivity contribution in [1.82, 2.24) is 0 Å². The SMILES string of the molecule is CC(=O)OC(C)(C#CC1(C)OC1C)CCCC#N. The summed E-state index contributed by atoms with van der Waals surface area (Å²) in [5.41, 5.74) is -1.26. The largest absolute Gasteiger partial charge is 0.446 e. The summed E-state index contributed by atoms with van der Waals surface area (Å²) in [4.78, 5) is 11.1. The summed E-state index contributed by atoms with van der Waals surface area (Å²) in [6.45, 7) is 7.00. The molecule has 0 N–H and O–H groups in total. The summed E-state index contributed by atoms with van der Waals surface area (Å²) in [5.74, 6) is 5.65. The van der Waals surface area contributed by atoms with Crippen molar-refractivity contribution < 1.29 is 14.3 Å². The molecule has 0 aromatic heterocycles. The van der Waals surface area contributed by atoms with Gasteiger partial charge in [-0.25, -0.2) is 0 Å². The maximum absolute atomic E-state index is 11.1. The van der Waals surface area contributed by atoms with Gasteiger partial charge in [0.2, 0.25) is 0 Å². The van der Waals surface area contributed by atoms with Crippen LogP contribution in [0.2, 0.25) is 0 Å². The molecule has 4 heteroatoms. The predicted octanol–water partition coefficient (Wildman–Crippen LogP) is 2.18. The standard InChI is InChI=1S/C14H19NO3/c1-11-14(4,17-11)9-8-13(3,18-12(2)16)7-5-6-10-15/h11H,5-7H2,1-4H3. The summed E-state index contributed by atoms with van der Waals surface area (Å²) in [7, 11) is 0. The van der Waals surface area contributed by atoms with E-state index in [0.29, 0.717) is 19.3 Å². The molecule has 1 fully saturated rings. The average molecular weight is 249 g/mol. The van der Waals surface area contributed by atoms with Gasteiger partial charge in [0.05, 0.1) is 12.2 Å². The van der Waals surface area contributed by atoms with Crippen molar-refractivity contribution in [2.45, 2.75) is 64.3 Å². The molecule has 1 heterocycles. The second-order valence-corrected chi connectivity index (χ2v) is 4.95. The van der Waals surface area contributed by atoms with Crippen LogP contribution >= 0.6 is 0 Å². The molecule has 0 aromatic rings. The summed E-state index contributed by atoms with van der Waals surface area (Å²) in [6.07, 6.45) is 1.76. The van der Waals surface area contributed by atoms with Crippen LogP contribution in [0.1, 0.15) is 47.0 Å². The fourth-order valence-corrected chi connectivity index (χ4v) is 1.68. The van der Waals surface area contributed by atoms with Gasteiger partial charge in [0, 0.05) is 13.3 Å². The molecule has 0 amide bonds. The number of hydrogen-bond donors (Lipinski definition) is 0. The lowest BCUT2D eigenvalue weighted by Crippen LogP contribution is -2.29. The van der Waals surface area contributed by atoms with E-state index in [1.807, 2.05) is 13.8 Å². The van der Waals surface area contributed by atoms with Crippen LogP contribution in [0, 0.1) is 23.2 Å². The van der Waals surface area contributed by atoms with Crippen LogP contribution in [0.4, 0.5) is 0 Å². The predicted molar refractivity (Wildman–Crippen MR) is 66.4 cm³/mol. The van der Waals surface area contributed by atoms with Gasteiger partial charge in [-0.3, -0.25) is 4.79 Å². The molecular formula is C14H19NO3. The number of ether oxygens (including phenoxy) is 2. The summed E-state index contributed by atoms with van der Waals surface area (Å²) < 4.78 is 10.6. The first-order chi connectivity index (χ1) is 8.31. The third kappa shape index (κ3) is 4.05. The lowest BCUT2D eigenvalue weighted by atomic mass is 9.97. The molecule has 1 aliphatic rings. The van der Waals surface area contributed by atoms with Crippen LogP contribution in [-0.2, 0) is 14.3 Å². The Morgan fingerprint density at radius 3 is 2.67 bits per heavy atom. The first kappa shape index (κ1) is 14.5. The maximum atomic E-state index is 11.1. The number of nitriles is 1. The maximum Gasteiger partial charge on any atom is 0.304 e. The van der Waals surface area contributed by atoms with Crippen molar-refractivity contribution in [2.75, 3.05) is 0 Å². The van der Waals surface area contributed by atoms with E-state index in [9.17, 15) is 4.79 Å². The number of carbonyl (C=O) groups is 1. The third-order valence-electron chi connectivity index (χ3n) is 3.03. The van der Waals surface area contributed by atoms with E-state index in [1.165, 1.54) is 6.92 Å². The van der Waals surface area contributed by atoms with Crippen molar-refractivity contribution >= 4 is 5.97 Å². The zero-order valence-electron chi connectivity index (χ0n) is 11.4. The normalized spacial score (nSPS) is 28.3. The van der Waals surface area contributed by atoms with Gasteiger partial charge in [0.15, 0.2) is 11.2 Å². The second-order valence-electron chi connectivity index (χ2n) is 4.95. The van der Waals surface area contributed by atoms with Crippen LogP contribution in [0.5, 0.6) is 0 Å². The molecule has 0 spiro atoms. The Hall–Kier alpha value is -1.52. The minimum Gasteiger partial charge on any atom is -0.446 e. The number of nitrogens with zero attached hydrogens (tertiary/aromatic N) is 1. The highest BCUT2D eigenvalue weighted by Crippen LogP contribution is 2.35. The van der Waals surface area contributed by atoms with E-state index in [4.69, 9.17) is 14.7 Å². The molecule has 18 heavy (non-hydrogen) atoms. The Morgan fingerprint density at radius 1 is 1.61 bits per heavy atom. The molecule has 0 aromatic carbocycles. The zero-order valence-corrected chi connectivity index (χ0v) is 11.4. The quantitative estimate of drug-likeness (QED) is 0.331. The second kappa shape index (κ2) is 5.42.